The van der Waals surface area contributed by atoms with Gasteiger partial charge in [0, 0.05) is 18.7 Å². The molecule has 1 nitrogen and oxygen atoms in total. The van der Waals surface area contributed by atoms with E-state index in [0.29, 0.717) is 12.0 Å². The Morgan fingerprint density at radius 3 is 1.85 bits per heavy atom. The lowest BCUT2D eigenvalue weighted by atomic mass is 9.87. The summed E-state index contributed by atoms with van der Waals surface area (Å²) in [6.45, 7) is 6.50. The number of anilines is 1. The lowest BCUT2D eigenvalue weighted by molar-refractivity contribution is 0.719. The van der Waals surface area contributed by atoms with Gasteiger partial charge in [-0.3, -0.25) is 0 Å². The Hall–Kier alpha value is -5.14. The van der Waals surface area contributed by atoms with Crippen molar-refractivity contribution in [2.75, 3.05) is 11.9 Å². The van der Waals surface area contributed by atoms with Gasteiger partial charge in [0.2, 0.25) is 0 Å². The van der Waals surface area contributed by atoms with Crippen LogP contribution in [0.3, 0.4) is 0 Å². The first-order chi connectivity index (χ1) is 23.0. The molecule has 0 bridgehead atoms. The molecular formula is C46H47N. The van der Waals surface area contributed by atoms with Gasteiger partial charge < -0.3 is 4.90 Å². The smallest absolute Gasteiger partial charge is 0.0579 e. The van der Waals surface area contributed by atoms with Crippen molar-refractivity contribution >= 4 is 16.5 Å². The minimum Gasteiger partial charge on any atom is -0.367 e. The van der Waals surface area contributed by atoms with Crippen molar-refractivity contribution in [3.63, 3.8) is 0 Å². The molecule has 0 radical (unpaired) electrons. The first kappa shape index (κ1) is 33.2. The fraction of sp³-hybridized carbons (Fsp3) is 0.174. The Morgan fingerprint density at radius 2 is 1.19 bits per heavy atom. The molecule has 2 atom stereocenters. The lowest BCUT2D eigenvalue weighted by Gasteiger charge is -2.25. The van der Waals surface area contributed by atoms with Gasteiger partial charge in [-0.1, -0.05) is 194 Å². The van der Waals surface area contributed by atoms with Crippen molar-refractivity contribution in [2.45, 2.75) is 45.6 Å². The first-order valence-corrected chi connectivity index (χ1v) is 16.8. The summed E-state index contributed by atoms with van der Waals surface area (Å²) < 4.78 is 0. The highest BCUT2D eigenvalue weighted by molar-refractivity contribution is 5.93. The van der Waals surface area contributed by atoms with Gasteiger partial charge in [-0.05, 0) is 59.4 Å². The van der Waals surface area contributed by atoms with Crippen LogP contribution in [0.15, 0.2) is 182 Å². The number of allylic oxidation sites excluding steroid dienone is 2. The highest BCUT2D eigenvalue weighted by Crippen LogP contribution is 2.46. The van der Waals surface area contributed by atoms with Gasteiger partial charge in [-0.2, -0.15) is 0 Å². The second-order valence-electron chi connectivity index (χ2n) is 12.2. The summed E-state index contributed by atoms with van der Waals surface area (Å²) in [5, 5.41) is 2.74. The van der Waals surface area contributed by atoms with E-state index in [1.54, 1.807) is 0 Å². The Kier molecular flexibility index (Phi) is 12.0. The molecule has 6 aromatic carbocycles. The number of aryl methyl sites for hydroxylation is 2. The van der Waals surface area contributed by atoms with Gasteiger partial charge >= 0.3 is 0 Å². The van der Waals surface area contributed by atoms with Gasteiger partial charge in [0.15, 0.2) is 0 Å². The van der Waals surface area contributed by atoms with E-state index >= 15 is 0 Å². The van der Waals surface area contributed by atoms with Crippen LogP contribution in [0.5, 0.6) is 0 Å². The van der Waals surface area contributed by atoms with Crippen LogP contribution in [0.4, 0.5) is 5.69 Å². The molecule has 0 spiro atoms. The van der Waals surface area contributed by atoms with Crippen molar-refractivity contribution in [3.8, 4) is 11.1 Å². The van der Waals surface area contributed by atoms with Crippen LogP contribution in [-0.2, 0) is 6.42 Å². The van der Waals surface area contributed by atoms with Crippen LogP contribution in [0, 0.1) is 6.92 Å². The topological polar surface area (TPSA) is 3.24 Å². The van der Waals surface area contributed by atoms with E-state index in [2.05, 4.69) is 166 Å². The van der Waals surface area contributed by atoms with Gasteiger partial charge in [0.05, 0.1) is 6.04 Å². The molecule has 1 aliphatic carbocycles. The molecule has 0 amide bonds. The predicted octanol–water partition coefficient (Wildman–Crippen LogP) is 12.2. The number of hydrogen-bond donors (Lipinski definition) is 0. The number of hydrogen-bond acceptors (Lipinski definition) is 1. The zero-order valence-corrected chi connectivity index (χ0v) is 28.3. The Morgan fingerprint density at radius 1 is 0.596 bits per heavy atom. The van der Waals surface area contributed by atoms with E-state index in [1.165, 1.54) is 62.7 Å². The molecule has 6 aromatic rings. The van der Waals surface area contributed by atoms with E-state index in [0.717, 1.165) is 0 Å². The van der Waals surface area contributed by atoms with Crippen LogP contribution < -0.4 is 4.90 Å². The van der Waals surface area contributed by atoms with Gasteiger partial charge in [-0.25, -0.2) is 0 Å². The molecule has 0 fully saturated rings. The van der Waals surface area contributed by atoms with Crippen LogP contribution in [0.25, 0.3) is 21.9 Å². The third-order valence-corrected chi connectivity index (χ3v) is 8.65. The third-order valence-electron chi connectivity index (χ3n) is 8.65. The molecule has 2 aliphatic rings. The molecule has 1 heteroatoms. The minimum absolute atomic E-state index is 0.478. The predicted molar refractivity (Wildman–Crippen MR) is 205 cm³/mol. The molecule has 0 N–H and O–H groups in total. The highest BCUT2D eigenvalue weighted by Gasteiger charge is 2.36. The van der Waals surface area contributed by atoms with Crippen LogP contribution in [0.1, 0.15) is 42.9 Å². The summed E-state index contributed by atoms with van der Waals surface area (Å²) >= 11 is 0. The van der Waals surface area contributed by atoms with Gasteiger partial charge in [0.1, 0.15) is 0 Å². The summed E-state index contributed by atoms with van der Waals surface area (Å²) in [6, 6.07) is 55.3. The summed E-state index contributed by atoms with van der Waals surface area (Å²) in [5.74, 6) is 0.495. The molecule has 0 aromatic heterocycles. The molecule has 236 valence electrons. The van der Waals surface area contributed by atoms with Gasteiger partial charge in [0.25, 0.3) is 0 Å². The number of likely N-dealkylation sites (N-methyl/N-ethyl adjacent to an activating group) is 1. The molecule has 0 saturated heterocycles. The highest BCUT2D eigenvalue weighted by atomic mass is 15.2. The van der Waals surface area contributed by atoms with Crippen LogP contribution in [-0.4, -0.2) is 13.1 Å². The van der Waals surface area contributed by atoms with Crippen LogP contribution >= 0.6 is 0 Å². The van der Waals surface area contributed by atoms with E-state index in [9.17, 15) is 0 Å². The average molecular weight is 614 g/mol. The fourth-order valence-corrected chi connectivity index (χ4v) is 6.29. The van der Waals surface area contributed by atoms with E-state index in [4.69, 9.17) is 0 Å². The number of benzene rings is 6. The Balaban J connectivity index is 0.000000134. The molecule has 1 heterocycles. The maximum Gasteiger partial charge on any atom is 0.0579 e. The standard InChI is InChI=1S/C18H17N.C13H12.C9H12.C6H6/c1-12-7-9-15-17(11-12)19(2)16-10-8-13-5-3-4-6-14(13)18(15)16;1-11-6-5-9-13(10-11)12-7-3-2-4-8-12;1-2-6-9-7-4-3-5-8-9;1-2-4-6-5-3-1/h3-11,15,17H,1-2H3;2-10H,1H3;3-5,7-8H,2,6H2,1H3;1-6H. The SMILES string of the molecule is CC1=CC2C(C=C1)c1c(ccc3ccccc13)N2C.CCCc1ccccc1.Cc1cccc(-c2ccccc2)c1.c1ccccc1. The van der Waals surface area contributed by atoms with Gasteiger partial charge in [-0.15, -0.1) is 0 Å². The summed E-state index contributed by atoms with van der Waals surface area (Å²) in [5.41, 5.74) is 9.56. The first-order valence-electron chi connectivity index (χ1n) is 16.8. The maximum atomic E-state index is 2.42. The van der Waals surface area contributed by atoms with Crippen molar-refractivity contribution < 1.29 is 0 Å². The molecule has 8 rings (SSSR count). The molecule has 0 saturated carbocycles. The largest absolute Gasteiger partial charge is 0.367 e. The third kappa shape index (κ3) is 8.99. The van der Waals surface area contributed by atoms with Crippen molar-refractivity contribution in [1.29, 1.82) is 0 Å². The number of nitrogens with zero attached hydrogens (tertiary/aromatic N) is 1. The normalized spacial score (nSPS) is 15.4. The average Bonchev–Trinajstić information content (AvgIpc) is 3.42. The Labute approximate surface area is 282 Å². The summed E-state index contributed by atoms with van der Waals surface area (Å²) in [6.07, 6.45) is 9.46. The van der Waals surface area contributed by atoms with E-state index in [-0.39, 0.29) is 0 Å². The minimum atomic E-state index is 0.478. The lowest BCUT2D eigenvalue weighted by Crippen LogP contribution is -2.29. The number of fused-ring (bicyclic) bond motifs is 5. The van der Waals surface area contributed by atoms with E-state index < -0.39 is 0 Å². The van der Waals surface area contributed by atoms with Crippen LogP contribution in [0.2, 0.25) is 0 Å². The number of rotatable bonds is 3. The molecule has 47 heavy (non-hydrogen) atoms. The summed E-state index contributed by atoms with van der Waals surface area (Å²) in [4.78, 5) is 2.42. The van der Waals surface area contributed by atoms with Crippen molar-refractivity contribution in [1.82, 2.24) is 0 Å². The zero-order chi connectivity index (χ0) is 32.8. The second-order valence-corrected chi connectivity index (χ2v) is 12.2. The maximum absolute atomic E-state index is 2.42. The summed E-state index contributed by atoms with van der Waals surface area (Å²) in [7, 11) is 2.21. The quantitative estimate of drug-likeness (QED) is 0.192. The Bertz CT molecular complexity index is 1840. The molecule has 1 aliphatic heterocycles. The van der Waals surface area contributed by atoms with Crippen molar-refractivity contribution in [3.05, 3.63) is 198 Å². The molecule has 2 unspecified atom stereocenters. The zero-order valence-electron chi connectivity index (χ0n) is 28.3. The fourth-order valence-electron chi connectivity index (χ4n) is 6.29. The monoisotopic (exact) mass is 613 g/mol. The van der Waals surface area contributed by atoms with E-state index in [1.807, 2.05) is 42.5 Å². The van der Waals surface area contributed by atoms with Crippen molar-refractivity contribution in [2.24, 2.45) is 0 Å². The molecular weight excluding hydrogens is 567 g/mol. The second kappa shape index (κ2) is 17.0.